The zero-order valence-corrected chi connectivity index (χ0v) is 12.6. The Bertz CT molecular complexity index is 578. The first kappa shape index (κ1) is 14.2. The van der Waals surface area contributed by atoms with Crippen LogP contribution in [0.25, 0.3) is 0 Å². The molecule has 19 heavy (non-hydrogen) atoms. The standard InChI is InChI=1S/C15H19FN2S/c1-9-7-13(16)6-5-12(9)8-14(17-4)15-10(2)18-11(3)19-15/h5-7,14,17H,8H2,1-4H3. The first-order valence-electron chi connectivity index (χ1n) is 6.37. The van der Waals surface area contributed by atoms with Gasteiger partial charge in [0.05, 0.1) is 10.7 Å². The molecule has 1 atom stereocenters. The van der Waals surface area contributed by atoms with Gasteiger partial charge in [-0.2, -0.15) is 0 Å². The molecule has 4 heteroatoms. The van der Waals surface area contributed by atoms with Gasteiger partial charge in [-0.1, -0.05) is 6.07 Å². The minimum Gasteiger partial charge on any atom is -0.312 e. The highest BCUT2D eigenvalue weighted by Crippen LogP contribution is 2.28. The summed E-state index contributed by atoms with van der Waals surface area (Å²) in [5, 5.41) is 4.43. The zero-order chi connectivity index (χ0) is 14.0. The predicted octanol–water partition coefficient (Wildman–Crippen LogP) is 3.71. The van der Waals surface area contributed by atoms with E-state index in [0.29, 0.717) is 0 Å². The van der Waals surface area contributed by atoms with Crippen LogP contribution in [0.1, 0.15) is 32.7 Å². The third-order valence-electron chi connectivity index (χ3n) is 3.33. The fourth-order valence-corrected chi connectivity index (χ4v) is 3.34. The lowest BCUT2D eigenvalue weighted by molar-refractivity contribution is 0.592. The van der Waals surface area contributed by atoms with Crippen molar-refractivity contribution in [2.75, 3.05) is 7.05 Å². The van der Waals surface area contributed by atoms with Crippen molar-refractivity contribution in [1.82, 2.24) is 10.3 Å². The van der Waals surface area contributed by atoms with E-state index in [1.54, 1.807) is 17.4 Å². The average molecular weight is 278 g/mol. The van der Waals surface area contributed by atoms with Crippen LogP contribution in [0.3, 0.4) is 0 Å². The van der Waals surface area contributed by atoms with Crippen molar-refractivity contribution in [3.8, 4) is 0 Å². The average Bonchev–Trinajstić information content (AvgIpc) is 2.68. The van der Waals surface area contributed by atoms with Crippen LogP contribution in [0, 0.1) is 26.6 Å². The van der Waals surface area contributed by atoms with Crippen LogP contribution in [0.15, 0.2) is 18.2 Å². The fourth-order valence-electron chi connectivity index (χ4n) is 2.30. The van der Waals surface area contributed by atoms with Crippen molar-refractivity contribution in [1.29, 1.82) is 0 Å². The van der Waals surface area contributed by atoms with Crippen LogP contribution in [-0.4, -0.2) is 12.0 Å². The third kappa shape index (κ3) is 3.19. The van der Waals surface area contributed by atoms with Gasteiger partial charge in [0.1, 0.15) is 5.82 Å². The van der Waals surface area contributed by atoms with Gasteiger partial charge in [0.15, 0.2) is 0 Å². The Kier molecular flexibility index (Phi) is 4.32. The minimum atomic E-state index is -0.174. The Hall–Kier alpha value is -1.26. The summed E-state index contributed by atoms with van der Waals surface area (Å²) in [7, 11) is 1.96. The maximum absolute atomic E-state index is 13.1. The van der Waals surface area contributed by atoms with Crippen molar-refractivity contribution in [2.45, 2.75) is 33.2 Å². The van der Waals surface area contributed by atoms with Gasteiger partial charge in [-0.25, -0.2) is 9.37 Å². The lowest BCUT2D eigenvalue weighted by atomic mass is 9.99. The number of likely N-dealkylation sites (N-methyl/N-ethyl adjacent to an activating group) is 1. The molecule has 1 N–H and O–H groups in total. The summed E-state index contributed by atoms with van der Waals surface area (Å²) in [5.74, 6) is -0.174. The lowest BCUT2D eigenvalue weighted by Gasteiger charge is -2.16. The second-order valence-corrected chi connectivity index (χ2v) is 6.03. The number of nitrogens with one attached hydrogen (secondary N) is 1. The van der Waals surface area contributed by atoms with Crippen LogP contribution in [0.2, 0.25) is 0 Å². The van der Waals surface area contributed by atoms with E-state index in [9.17, 15) is 4.39 Å². The molecule has 1 aromatic heterocycles. The summed E-state index contributed by atoms with van der Waals surface area (Å²) < 4.78 is 13.1. The number of rotatable bonds is 4. The monoisotopic (exact) mass is 278 g/mol. The first-order valence-corrected chi connectivity index (χ1v) is 7.19. The number of hydrogen-bond acceptors (Lipinski definition) is 3. The number of aryl methyl sites for hydroxylation is 3. The second-order valence-electron chi connectivity index (χ2n) is 4.80. The van der Waals surface area contributed by atoms with E-state index in [1.807, 2.05) is 33.9 Å². The number of hydrogen-bond donors (Lipinski definition) is 1. The summed E-state index contributed by atoms with van der Waals surface area (Å²) in [5.41, 5.74) is 3.26. The number of thiazole rings is 1. The van der Waals surface area contributed by atoms with Crippen molar-refractivity contribution in [3.05, 3.63) is 50.7 Å². The summed E-state index contributed by atoms with van der Waals surface area (Å²) in [6.07, 6.45) is 0.852. The maximum Gasteiger partial charge on any atom is 0.123 e. The van der Waals surface area contributed by atoms with Crippen LogP contribution in [0.4, 0.5) is 4.39 Å². The molecule has 0 fully saturated rings. The van der Waals surface area contributed by atoms with Crippen LogP contribution >= 0.6 is 11.3 Å². The molecular weight excluding hydrogens is 259 g/mol. The first-order chi connectivity index (χ1) is 9.01. The quantitative estimate of drug-likeness (QED) is 0.922. The SMILES string of the molecule is CNC(Cc1ccc(F)cc1C)c1sc(C)nc1C. The largest absolute Gasteiger partial charge is 0.312 e. The molecule has 0 spiro atoms. The molecule has 1 heterocycles. The van der Waals surface area contributed by atoms with E-state index < -0.39 is 0 Å². The van der Waals surface area contributed by atoms with E-state index in [2.05, 4.69) is 10.3 Å². The Morgan fingerprint density at radius 3 is 2.58 bits per heavy atom. The molecule has 0 saturated heterocycles. The van der Waals surface area contributed by atoms with Crippen LogP contribution < -0.4 is 5.32 Å². The fraction of sp³-hybridized carbons (Fsp3) is 0.400. The molecule has 0 radical (unpaired) electrons. The number of benzene rings is 1. The van der Waals surface area contributed by atoms with Gasteiger partial charge in [0.25, 0.3) is 0 Å². The van der Waals surface area contributed by atoms with Crippen molar-refractivity contribution < 1.29 is 4.39 Å². The molecule has 1 unspecified atom stereocenters. The molecule has 2 nitrogen and oxygen atoms in total. The van der Waals surface area contributed by atoms with Crippen LogP contribution in [-0.2, 0) is 6.42 Å². The number of halogens is 1. The zero-order valence-electron chi connectivity index (χ0n) is 11.7. The summed E-state index contributed by atoms with van der Waals surface area (Å²) in [4.78, 5) is 5.74. The molecular formula is C15H19FN2S. The van der Waals surface area contributed by atoms with E-state index in [-0.39, 0.29) is 11.9 Å². The van der Waals surface area contributed by atoms with Gasteiger partial charge in [0.2, 0.25) is 0 Å². The topological polar surface area (TPSA) is 24.9 Å². The van der Waals surface area contributed by atoms with Gasteiger partial charge in [-0.3, -0.25) is 0 Å². The van der Waals surface area contributed by atoms with Crippen LogP contribution in [0.5, 0.6) is 0 Å². The van der Waals surface area contributed by atoms with Crippen molar-refractivity contribution in [3.63, 3.8) is 0 Å². The van der Waals surface area contributed by atoms with E-state index in [0.717, 1.165) is 22.7 Å². The van der Waals surface area contributed by atoms with Gasteiger partial charge in [-0.05, 0) is 57.5 Å². The highest BCUT2D eigenvalue weighted by molar-refractivity contribution is 7.11. The molecule has 0 aliphatic rings. The lowest BCUT2D eigenvalue weighted by Crippen LogP contribution is -2.19. The number of nitrogens with zero attached hydrogens (tertiary/aromatic N) is 1. The highest BCUT2D eigenvalue weighted by atomic mass is 32.1. The van der Waals surface area contributed by atoms with Gasteiger partial charge in [-0.15, -0.1) is 11.3 Å². The van der Waals surface area contributed by atoms with Gasteiger partial charge in [0, 0.05) is 10.9 Å². The molecule has 102 valence electrons. The molecule has 0 bridgehead atoms. The molecule has 0 amide bonds. The molecule has 1 aromatic carbocycles. The maximum atomic E-state index is 13.1. The van der Waals surface area contributed by atoms with E-state index in [4.69, 9.17) is 0 Å². The highest BCUT2D eigenvalue weighted by Gasteiger charge is 2.17. The smallest absolute Gasteiger partial charge is 0.123 e. The Morgan fingerprint density at radius 2 is 2.05 bits per heavy atom. The molecule has 0 aliphatic carbocycles. The second kappa shape index (κ2) is 5.80. The minimum absolute atomic E-state index is 0.174. The number of aromatic nitrogens is 1. The normalized spacial score (nSPS) is 12.7. The summed E-state index contributed by atoms with van der Waals surface area (Å²) in [6.45, 7) is 6.02. The van der Waals surface area contributed by atoms with Gasteiger partial charge < -0.3 is 5.32 Å². The predicted molar refractivity (Wildman–Crippen MR) is 78.2 cm³/mol. The Morgan fingerprint density at radius 1 is 1.32 bits per heavy atom. The Balaban J connectivity index is 2.26. The molecule has 2 rings (SSSR count). The van der Waals surface area contributed by atoms with Crippen molar-refractivity contribution >= 4 is 11.3 Å². The third-order valence-corrected chi connectivity index (χ3v) is 4.52. The van der Waals surface area contributed by atoms with E-state index >= 15 is 0 Å². The molecule has 2 aromatic rings. The Labute approximate surface area is 117 Å². The van der Waals surface area contributed by atoms with E-state index in [1.165, 1.54) is 16.5 Å². The molecule has 0 aliphatic heterocycles. The van der Waals surface area contributed by atoms with Crippen molar-refractivity contribution in [2.24, 2.45) is 0 Å². The summed E-state index contributed by atoms with van der Waals surface area (Å²) >= 11 is 1.73. The molecule has 0 saturated carbocycles. The van der Waals surface area contributed by atoms with Gasteiger partial charge >= 0.3 is 0 Å². The summed E-state index contributed by atoms with van der Waals surface area (Å²) in [6, 6.07) is 5.22.